The molecule has 2 aliphatic rings. The lowest BCUT2D eigenvalue weighted by atomic mass is 10.0. The Bertz CT molecular complexity index is 2050. The average Bonchev–Trinajstić information content (AvgIpc) is 3.56. The van der Waals surface area contributed by atoms with Crippen LogP contribution in [0.1, 0.15) is 18.1 Å². The predicted octanol–water partition coefficient (Wildman–Crippen LogP) is 5.73. The second-order valence-electron chi connectivity index (χ2n) is 12.0. The van der Waals surface area contributed by atoms with Gasteiger partial charge in [0, 0.05) is 43.1 Å². The Labute approximate surface area is 318 Å². The van der Waals surface area contributed by atoms with Gasteiger partial charge in [-0.1, -0.05) is 60.7 Å². The molecule has 4 aromatic carbocycles. The van der Waals surface area contributed by atoms with E-state index in [-0.39, 0.29) is 49.0 Å². The molecule has 0 fully saturated rings. The first-order valence-corrected chi connectivity index (χ1v) is 18.2. The standard InChI is InChI=1S/C21H21N3O4.C20H20N2O3S/c1-14(25)22-16-8-10-17(11-9-16)23-19-18(15-6-4-3-5-7-15)20(26)24(21(19)27)12-13-28-2;1-25-13-12-22-19(23)17(14-6-4-3-5-7-14)18(20(22)24)21-15-8-10-16(26-2)11-9-15/h3-11,23H,12-13H2,1-2H3,(H,22,25);3-11,21H,12-13H2,1-2H3. The molecule has 0 saturated carbocycles. The van der Waals surface area contributed by atoms with Crippen molar-refractivity contribution in [2.24, 2.45) is 0 Å². The van der Waals surface area contributed by atoms with Gasteiger partial charge in [0.15, 0.2) is 0 Å². The molecule has 278 valence electrons. The van der Waals surface area contributed by atoms with Gasteiger partial charge in [-0.05, 0) is 65.9 Å². The molecule has 0 radical (unpaired) electrons. The van der Waals surface area contributed by atoms with Crippen LogP contribution in [0.5, 0.6) is 0 Å². The lowest BCUT2D eigenvalue weighted by Crippen LogP contribution is -2.35. The van der Waals surface area contributed by atoms with E-state index in [2.05, 4.69) is 16.0 Å². The van der Waals surface area contributed by atoms with Gasteiger partial charge in [0.1, 0.15) is 11.4 Å². The van der Waals surface area contributed by atoms with Crippen LogP contribution in [0.4, 0.5) is 17.1 Å². The van der Waals surface area contributed by atoms with Crippen molar-refractivity contribution < 1.29 is 33.4 Å². The molecular formula is C41H41N5O7S. The maximum Gasteiger partial charge on any atom is 0.278 e. The molecule has 0 aliphatic carbocycles. The second kappa shape index (κ2) is 18.6. The fourth-order valence-corrected chi connectivity index (χ4v) is 6.11. The molecule has 2 aliphatic heterocycles. The number of imide groups is 2. The number of hydrogen-bond acceptors (Lipinski definition) is 10. The smallest absolute Gasteiger partial charge is 0.278 e. The number of carbonyl (C=O) groups is 5. The third-order valence-corrected chi connectivity index (χ3v) is 9.08. The van der Waals surface area contributed by atoms with Crippen LogP contribution in [0.15, 0.2) is 125 Å². The fraction of sp³-hybridized carbons (Fsp3) is 0.195. The summed E-state index contributed by atoms with van der Waals surface area (Å²) in [5, 5.41) is 8.90. The van der Waals surface area contributed by atoms with Crippen LogP contribution in [0.2, 0.25) is 0 Å². The SMILES string of the molecule is COCCN1C(=O)C(Nc2ccc(NC(C)=O)cc2)=C(c2ccccc2)C1=O.COCCN1C(=O)C(Nc2ccc(SC)cc2)=C(c2ccccc2)C1=O. The van der Waals surface area contributed by atoms with E-state index in [4.69, 9.17) is 9.47 Å². The number of amides is 5. The second-order valence-corrected chi connectivity index (χ2v) is 12.9. The monoisotopic (exact) mass is 747 g/mol. The van der Waals surface area contributed by atoms with Gasteiger partial charge in [-0.15, -0.1) is 11.8 Å². The third-order valence-electron chi connectivity index (χ3n) is 8.33. The van der Waals surface area contributed by atoms with Crippen LogP contribution in [0.25, 0.3) is 11.1 Å². The molecule has 0 saturated heterocycles. The van der Waals surface area contributed by atoms with Crippen molar-refractivity contribution in [2.45, 2.75) is 11.8 Å². The van der Waals surface area contributed by atoms with Gasteiger partial charge < -0.3 is 25.4 Å². The van der Waals surface area contributed by atoms with Crippen LogP contribution in [0.3, 0.4) is 0 Å². The summed E-state index contributed by atoms with van der Waals surface area (Å²) in [4.78, 5) is 66.2. The Hall–Kier alpha value is -6.02. The number of anilines is 3. The molecule has 12 nitrogen and oxygen atoms in total. The van der Waals surface area contributed by atoms with Crippen molar-refractivity contribution in [1.82, 2.24) is 9.80 Å². The summed E-state index contributed by atoms with van der Waals surface area (Å²) in [7, 11) is 3.06. The van der Waals surface area contributed by atoms with Crippen molar-refractivity contribution >= 4 is 69.5 Å². The Kier molecular flexibility index (Phi) is 13.5. The topological polar surface area (TPSA) is 146 Å². The van der Waals surface area contributed by atoms with Crippen LogP contribution in [0, 0.1) is 0 Å². The van der Waals surface area contributed by atoms with E-state index in [0.717, 1.165) is 10.6 Å². The van der Waals surface area contributed by atoms with Crippen LogP contribution in [-0.4, -0.2) is 86.1 Å². The van der Waals surface area contributed by atoms with Crippen LogP contribution < -0.4 is 16.0 Å². The number of ether oxygens (including phenoxy) is 2. The van der Waals surface area contributed by atoms with E-state index >= 15 is 0 Å². The van der Waals surface area contributed by atoms with E-state index in [1.165, 1.54) is 23.8 Å². The number of carbonyl (C=O) groups excluding carboxylic acids is 5. The molecular weight excluding hydrogens is 707 g/mol. The van der Waals surface area contributed by atoms with Gasteiger partial charge in [-0.2, -0.15) is 0 Å². The number of thioether (sulfide) groups is 1. The predicted molar refractivity (Wildman–Crippen MR) is 210 cm³/mol. The minimum absolute atomic E-state index is 0.167. The number of methoxy groups -OCH3 is 2. The molecule has 0 atom stereocenters. The number of rotatable bonds is 14. The lowest BCUT2D eigenvalue weighted by molar-refractivity contribution is -0.139. The van der Waals surface area contributed by atoms with Gasteiger partial charge in [0.25, 0.3) is 23.6 Å². The molecule has 54 heavy (non-hydrogen) atoms. The molecule has 4 aromatic rings. The molecule has 0 bridgehead atoms. The van der Waals surface area contributed by atoms with E-state index in [9.17, 15) is 24.0 Å². The Morgan fingerprint density at radius 2 is 0.963 bits per heavy atom. The van der Waals surface area contributed by atoms with Gasteiger partial charge in [0.2, 0.25) is 5.91 Å². The first-order valence-electron chi connectivity index (χ1n) is 17.0. The molecule has 13 heteroatoms. The molecule has 3 N–H and O–H groups in total. The van der Waals surface area contributed by atoms with Crippen molar-refractivity contribution in [1.29, 1.82) is 0 Å². The Balaban J connectivity index is 0.000000208. The summed E-state index contributed by atoms with van der Waals surface area (Å²) in [6.45, 7) is 2.40. The average molecular weight is 748 g/mol. The summed E-state index contributed by atoms with van der Waals surface area (Å²) in [5.74, 6) is -1.56. The third kappa shape index (κ3) is 9.31. The summed E-state index contributed by atoms with van der Waals surface area (Å²) < 4.78 is 10.1. The van der Waals surface area contributed by atoms with E-state index in [1.54, 1.807) is 55.3 Å². The zero-order valence-corrected chi connectivity index (χ0v) is 31.2. The summed E-state index contributed by atoms with van der Waals surface area (Å²) in [6, 6.07) is 33.0. The van der Waals surface area contributed by atoms with E-state index < -0.39 is 5.91 Å². The normalized spacial score (nSPS) is 14.1. The van der Waals surface area contributed by atoms with Crippen LogP contribution >= 0.6 is 11.8 Å². The van der Waals surface area contributed by atoms with Crippen LogP contribution in [-0.2, 0) is 33.4 Å². The highest BCUT2D eigenvalue weighted by molar-refractivity contribution is 7.98. The molecule has 5 amide bonds. The maximum absolute atomic E-state index is 12.9. The highest BCUT2D eigenvalue weighted by Gasteiger charge is 2.40. The van der Waals surface area contributed by atoms with Crippen molar-refractivity contribution in [3.63, 3.8) is 0 Å². The molecule has 0 unspecified atom stereocenters. The summed E-state index contributed by atoms with van der Waals surface area (Å²) in [6.07, 6.45) is 2.01. The van der Waals surface area contributed by atoms with Gasteiger partial charge in [-0.3, -0.25) is 33.8 Å². The first kappa shape index (κ1) is 39.2. The Morgan fingerprint density at radius 3 is 1.33 bits per heavy atom. The van der Waals surface area contributed by atoms with Crippen molar-refractivity contribution in [3.05, 3.63) is 132 Å². The number of benzene rings is 4. The first-order chi connectivity index (χ1) is 26.2. The highest BCUT2D eigenvalue weighted by atomic mass is 32.2. The van der Waals surface area contributed by atoms with Gasteiger partial charge in [-0.25, -0.2) is 0 Å². The fourth-order valence-electron chi connectivity index (χ4n) is 5.70. The van der Waals surface area contributed by atoms with E-state index in [0.29, 0.717) is 46.0 Å². The molecule has 0 spiro atoms. The molecule has 6 rings (SSSR count). The lowest BCUT2D eigenvalue weighted by Gasteiger charge is -2.14. The maximum atomic E-state index is 12.9. The van der Waals surface area contributed by atoms with E-state index in [1.807, 2.05) is 79.1 Å². The van der Waals surface area contributed by atoms with Crippen molar-refractivity contribution in [3.8, 4) is 0 Å². The van der Waals surface area contributed by atoms with Gasteiger partial charge in [0.05, 0.1) is 37.4 Å². The highest BCUT2D eigenvalue weighted by Crippen LogP contribution is 2.32. The number of nitrogens with zero attached hydrogens (tertiary/aromatic N) is 2. The summed E-state index contributed by atoms with van der Waals surface area (Å²) >= 11 is 1.65. The summed E-state index contributed by atoms with van der Waals surface area (Å²) in [5.41, 5.74) is 4.66. The van der Waals surface area contributed by atoms with Crippen molar-refractivity contribution in [2.75, 3.05) is 62.7 Å². The minimum atomic E-state index is -0.396. The molecule has 2 heterocycles. The zero-order chi connectivity index (χ0) is 38.6. The zero-order valence-electron chi connectivity index (χ0n) is 30.4. The Morgan fingerprint density at radius 1 is 0.574 bits per heavy atom. The number of hydrogen-bond donors (Lipinski definition) is 3. The largest absolute Gasteiger partial charge is 0.383 e. The minimum Gasteiger partial charge on any atom is -0.383 e. The number of nitrogens with one attached hydrogen (secondary N) is 3. The molecule has 0 aromatic heterocycles. The quantitative estimate of drug-likeness (QED) is 0.108. The van der Waals surface area contributed by atoms with Gasteiger partial charge >= 0.3 is 0 Å².